The molecule has 2 heterocycles. The third-order valence-electron chi connectivity index (χ3n) is 3.94. The second-order valence-electron chi connectivity index (χ2n) is 5.49. The Balaban J connectivity index is 1.61. The van der Waals surface area contributed by atoms with Crippen molar-refractivity contribution in [2.75, 3.05) is 36.5 Å². The minimum Gasteiger partial charge on any atom is -0.468 e. The molecule has 0 unspecified atom stereocenters. The number of carbonyl (C=O) groups excluding carboxylic acids is 1. The van der Waals surface area contributed by atoms with E-state index in [1.165, 1.54) is 12.1 Å². The summed E-state index contributed by atoms with van der Waals surface area (Å²) in [5.74, 6) is 2.51. The van der Waals surface area contributed by atoms with Gasteiger partial charge in [0.05, 0.1) is 18.0 Å². The monoisotopic (exact) mass is 349 g/mol. The fourth-order valence-corrected chi connectivity index (χ4v) is 3.63. The van der Waals surface area contributed by atoms with E-state index in [9.17, 15) is 9.18 Å². The summed E-state index contributed by atoms with van der Waals surface area (Å²) in [6.07, 6.45) is 1.64. The lowest BCUT2D eigenvalue weighted by Gasteiger charge is -2.33. The van der Waals surface area contributed by atoms with Crippen LogP contribution in [-0.2, 0) is 0 Å². The second-order valence-corrected chi connectivity index (χ2v) is 6.72. The number of hydrogen-bond acceptors (Lipinski definition) is 4. The topological polar surface area (TPSA) is 57.5 Å². The molecule has 1 aromatic heterocycles. The minimum atomic E-state index is -0.455. The van der Waals surface area contributed by atoms with Gasteiger partial charge < -0.3 is 15.1 Å². The van der Waals surface area contributed by atoms with Crippen molar-refractivity contribution in [3.05, 3.63) is 54.2 Å². The fraction of sp³-hybridized carbons (Fsp3) is 0.353. The maximum absolute atomic E-state index is 13.6. The van der Waals surface area contributed by atoms with Crippen molar-refractivity contribution in [2.24, 2.45) is 0 Å². The molecule has 3 rings (SSSR count). The number of anilines is 1. The average Bonchev–Trinajstić information content (AvgIpc) is 3.12. The van der Waals surface area contributed by atoms with E-state index in [-0.39, 0.29) is 11.7 Å². The summed E-state index contributed by atoms with van der Waals surface area (Å²) in [5.41, 5.74) is 0.166. The number of carbonyl (C=O) groups is 1. The molecular formula is C17H20FN3O2S. The van der Waals surface area contributed by atoms with Crippen LogP contribution in [-0.4, -0.2) is 42.1 Å². The number of hydrogen-bond donors (Lipinski definition) is 2. The van der Waals surface area contributed by atoms with E-state index in [0.29, 0.717) is 6.54 Å². The summed E-state index contributed by atoms with van der Waals surface area (Å²) in [4.78, 5) is 14.4. The van der Waals surface area contributed by atoms with Gasteiger partial charge in [0, 0.05) is 31.1 Å². The average molecular weight is 349 g/mol. The van der Waals surface area contributed by atoms with Gasteiger partial charge in [-0.3, -0.25) is 4.90 Å². The first kappa shape index (κ1) is 16.9. The van der Waals surface area contributed by atoms with E-state index >= 15 is 0 Å². The maximum Gasteiger partial charge on any atom is 0.319 e. The van der Waals surface area contributed by atoms with Crippen LogP contribution >= 0.6 is 11.8 Å². The molecule has 0 spiro atoms. The Labute approximate surface area is 144 Å². The third kappa shape index (κ3) is 4.30. The first-order chi connectivity index (χ1) is 11.7. The molecule has 5 nitrogen and oxygen atoms in total. The van der Waals surface area contributed by atoms with Gasteiger partial charge in [-0.05, 0) is 24.3 Å². The van der Waals surface area contributed by atoms with Crippen molar-refractivity contribution >= 4 is 23.5 Å². The van der Waals surface area contributed by atoms with Gasteiger partial charge >= 0.3 is 6.03 Å². The molecule has 7 heteroatoms. The molecule has 1 aliphatic rings. The van der Waals surface area contributed by atoms with Crippen LogP contribution in [0.15, 0.2) is 47.1 Å². The Morgan fingerprint density at radius 3 is 2.75 bits per heavy atom. The molecular weight excluding hydrogens is 329 g/mol. The van der Waals surface area contributed by atoms with Crippen LogP contribution in [0.1, 0.15) is 11.8 Å². The molecule has 2 aromatic rings. The lowest BCUT2D eigenvalue weighted by molar-refractivity contribution is 0.187. The number of amides is 2. The highest BCUT2D eigenvalue weighted by atomic mass is 32.2. The Morgan fingerprint density at radius 2 is 2.04 bits per heavy atom. The summed E-state index contributed by atoms with van der Waals surface area (Å²) in [7, 11) is 0. The van der Waals surface area contributed by atoms with E-state index in [0.717, 1.165) is 30.4 Å². The van der Waals surface area contributed by atoms with Crippen LogP contribution in [0.25, 0.3) is 0 Å². The Kier molecular flexibility index (Phi) is 5.77. The lowest BCUT2D eigenvalue weighted by atomic mass is 10.2. The van der Waals surface area contributed by atoms with E-state index < -0.39 is 11.8 Å². The van der Waals surface area contributed by atoms with Gasteiger partial charge in [0.15, 0.2) is 0 Å². The minimum absolute atomic E-state index is 0.0210. The Bertz CT molecular complexity index is 660. The zero-order valence-corrected chi connectivity index (χ0v) is 14.0. The molecule has 0 saturated carbocycles. The molecule has 128 valence electrons. The third-order valence-corrected chi connectivity index (χ3v) is 4.88. The first-order valence-electron chi connectivity index (χ1n) is 7.88. The quantitative estimate of drug-likeness (QED) is 0.869. The Hall–Kier alpha value is -1.99. The highest BCUT2D eigenvalue weighted by Gasteiger charge is 2.25. The molecule has 1 saturated heterocycles. The number of halogens is 1. The van der Waals surface area contributed by atoms with Crippen molar-refractivity contribution in [2.45, 2.75) is 6.04 Å². The van der Waals surface area contributed by atoms with Gasteiger partial charge in [-0.25, -0.2) is 9.18 Å². The summed E-state index contributed by atoms with van der Waals surface area (Å²) in [6, 6.07) is 9.42. The zero-order valence-electron chi connectivity index (χ0n) is 13.2. The van der Waals surface area contributed by atoms with Crippen LogP contribution < -0.4 is 10.6 Å². The SMILES string of the molecule is O=C(NC[C@H](c1ccco1)N1CCSCC1)Nc1ccccc1F. The number of nitrogens with one attached hydrogen (secondary N) is 2. The van der Waals surface area contributed by atoms with Crippen LogP contribution in [0.2, 0.25) is 0 Å². The molecule has 0 radical (unpaired) electrons. The summed E-state index contributed by atoms with van der Waals surface area (Å²) < 4.78 is 19.1. The number of nitrogens with zero attached hydrogens (tertiary/aromatic N) is 1. The molecule has 2 N–H and O–H groups in total. The van der Waals surface area contributed by atoms with Crippen molar-refractivity contribution in [1.82, 2.24) is 10.2 Å². The van der Waals surface area contributed by atoms with Crippen molar-refractivity contribution in [3.8, 4) is 0 Å². The summed E-state index contributed by atoms with van der Waals surface area (Å²) in [5, 5.41) is 5.35. The molecule has 24 heavy (non-hydrogen) atoms. The molecule has 0 aliphatic carbocycles. The molecule has 1 aromatic carbocycles. The van der Waals surface area contributed by atoms with Crippen LogP contribution in [0, 0.1) is 5.82 Å². The van der Waals surface area contributed by atoms with Crippen molar-refractivity contribution in [1.29, 1.82) is 0 Å². The van der Waals surface area contributed by atoms with Crippen molar-refractivity contribution in [3.63, 3.8) is 0 Å². The van der Waals surface area contributed by atoms with E-state index in [4.69, 9.17) is 4.42 Å². The number of para-hydroxylation sites is 1. The molecule has 1 aliphatic heterocycles. The van der Waals surface area contributed by atoms with Gasteiger partial charge in [-0.2, -0.15) is 11.8 Å². The predicted octanol–water partition coefficient (Wildman–Crippen LogP) is 3.33. The highest BCUT2D eigenvalue weighted by molar-refractivity contribution is 7.99. The zero-order chi connectivity index (χ0) is 16.8. The standard InChI is InChI=1S/C17H20FN3O2S/c18-13-4-1-2-5-14(13)20-17(22)19-12-15(16-6-3-9-23-16)21-7-10-24-11-8-21/h1-6,9,15H,7-8,10-12H2,(H2,19,20,22)/t15-/m1/s1. The fourth-order valence-electron chi connectivity index (χ4n) is 2.70. The highest BCUT2D eigenvalue weighted by Crippen LogP contribution is 2.24. The lowest BCUT2D eigenvalue weighted by Crippen LogP contribution is -2.42. The molecule has 2 amide bonds. The largest absolute Gasteiger partial charge is 0.468 e. The summed E-state index contributed by atoms with van der Waals surface area (Å²) >= 11 is 1.93. The van der Waals surface area contributed by atoms with E-state index in [1.54, 1.807) is 18.4 Å². The predicted molar refractivity (Wildman–Crippen MR) is 93.8 cm³/mol. The first-order valence-corrected chi connectivity index (χ1v) is 9.04. The van der Waals surface area contributed by atoms with E-state index in [2.05, 4.69) is 15.5 Å². The maximum atomic E-state index is 13.6. The Morgan fingerprint density at radius 1 is 1.25 bits per heavy atom. The number of urea groups is 1. The van der Waals surface area contributed by atoms with E-state index in [1.807, 2.05) is 23.9 Å². The number of benzene rings is 1. The van der Waals surface area contributed by atoms with Gasteiger partial charge in [0.2, 0.25) is 0 Å². The van der Waals surface area contributed by atoms with Crippen LogP contribution in [0.3, 0.4) is 0 Å². The van der Waals surface area contributed by atoms with Gasteiger partial charge in [-0.1, -0.05) is 12.1 Å². The number of thioether (sulfide) groups is 1. The normalized spacial score (nSPS) is 16.5. The molecule has 0 bridgehead atoms. The van der Waals surface area contributed by atoms with Crippen LogP contribution in [0.5, 0.6) is 0 Å². The van der Waals surface area contributed by atoms with Gasteiger partial charge in [-0.15, -0.1) is 0 Å². The number of rotatable bonds is 5. The number of furan rings is 1. The second kappa shape index (κ2) is 8.21. The van der Waals surface area contributed by atoms with Crippen molar-refractivity contribution < 1.29 is 13.6 Å². The van der Waals surface area contributed by atoms with Gasteiger partial charge in [0.25, 0.3) is 0 Å². The summed E-state index contributed by atoms with van der Waals surface area (Å²) in [6.45, 7) is 2.30. The van der Waals surface area contributed by atoms with Gasteiger partial charge in [0.1, 0.15) is 11.6 Å². The van der Waals surface area contributed by atoms with Crippen LogP contribution in [0.4, 0.5) is 14.9 Å². The smallest absolute Gasteiger partial charge is 0.319 e. The molecule has 1 atom stereocenters. The molecule has 1 fully saturated rings.